The first-order valence-electron chi connectivity index (χ1n) is 9.64. The van der Waals surface area contributed by atoms with E-state index < -0.39 is 10.0 Å². The maximum atomic E-state index is 12.8. The molecular weight excluding hydrogens is 438 g/mol. The van der Waals surface area contributed by atoms with Crippen molar-refractivity contribution in [3.8, 4) is 6.07 Å². The Hall–Kier alpha value is -2.90. The molecule has 8 nitrogen and oxygen atoms in total. The van der Waals surface area contributed by atoms with Crippen LogP contribution in [0.2, 0.25) is 5.02 Å². The number of nitrogens with one attached hydrogen (secondary N) is 1. The molecule has 0 bridgehead atoms. The molecule has 2 N–H and O–H groups in total. The Morgan fingerprint density at radius 1 is 1.13 bits per heavy atom. The molecule has 0 unspecified atom stereocenters. The Balaban J connectivity index is 1.45. The lowest BCUT2D eigenvalue weighted by atomic mass is 10.2. The predicted molar refractivity (Wildman–Crippen MR) is 118 cm³/mol. The first kappa shape index (κ1) is 21.3. The van der Waals surface area contributed by atoms with Crippen molar-refractivity contribution in [2.45, 2.75) is 4.90 Å². The first-order chi connectivity index (χ1) is 14.9. The van der Waals surface area contributed by atoms with Gasteiger partial charge in [0.05, 0.1) is 22.5 Å². The average molecular weight is 458 g/mol. The van der Waals surface area contributed by atoms with Crippen LogP contribution in [-0.2, 0) is 10.0 Å². The van der Waals surface area contributed by atoms with Gasteiger partial charge in [0, 0.05) is 31.2 Å². The van der Waals surface area contributed by atoms with Crippen LogP contribution in [0.5, 0.6) is 0 Å². The van der Waals surface area contributed by atoms with Crippen LogP contribution < -0.4 is 0 Å². The molecule has 4 rings (SSSR count). The first-order valence-corrected chi connectivity index (χ1v) is 11.5. The fourth-order valence-electron chi connectivity index (χ4n) is 3.50. The van der Waals surface area contributed by atoms with Crippen LogP contribution in [-0.4, -0.2) is 65.4 Å². The number of piperazine rings is 1. The fourth-order valence-corrected chi connectivity index (χ4v) is 5.05. The number of rotatable bonds is 5. The summed E-state index contributed by atoms with van der Waals surface area (Å²) < 4.78 is 27.0. The summed E-state index contributed by atoms with van der Waals surface area (Å²) in [5, 5.41) is 20.6. The van der Waals surface area contributed by atoms with Gasteiger partial charge < -0.3 is 10.1 Å². The quantitative estimate of drug-likeness (QED) is 0.449. The van der Waals surface area contributed by atoms with Crippen LogP contribution in [0.15, 0.2) is 59.2 Å². The molecule has 1 aliphatic rings. The SMILES string of the molecule is N#CC(=C(O)CN1CCN(S(=O)(=O)c2ccc(Cl)cc2)CC1)c1nc2ccccc2[nH]1. The normalized spacial score (nSPS) is 16.8. The molecule has 31 heavy (non-hydrogen) atoms. The van der Waals surface area contributed by atoms with Crippen molar-refractivity contribution in [2.75, 3.05) is 32.7 Å². The van der Waals surface area contributed by atoms with Gasteiger partial charge in [-0.25, -0.2) is 13.4 Å². The number of benzene rings is 2. The minimum Gasteiger partial charge on any atom is -0.509 e. The van der Waals surface area contributed by atoms with Crippen LogP contribution in [0.25, 0.3) is 16.6 Å². The number of fused-ring (bicyclic) bond motifs is 1. The predicted octanol–water partition coefficient (Wildman–Crippen LogP) is 3.02. The lowest BCUT2D eigenvalue weighted by Crippen LogP contribution is -2.49. The summed E-state index contributed by atoms with van der Waals surface area (Å²) in [4.78, 5) is 9.52. The topological polar surface area (TPSA) is 113 Å². The molecule has 2 aromatic carbocycles. The minimum atomic E-state index is -3.60. The zero-order chi connectivity index (χ0) is 22.0. The summed E-state index contributed by atoms with van der Waals surface area (Å²) in [7, 11) is -3.60. The number of aliphatic hydroxyl groups excluding tert-OH is 1. The summed E-state index contributed by atoms with van der Waals surface area (Å²) in [6.07, 6.45) is 0. The Morgan fingerprint density at radius 3 is 2.45 bits per heavy atom. The number of halogens is 1. The number of imidazole rings is 1. The maximum absolute atomic E-state index is 12.8. The van der Waals surface area contributed by atoms with E-state index in [1.165, 1.54) is 16.4 Å². The van der Waals surface area contributed by atoms with Gasteiger partial charge in [-0.2, -0.15) is 9.57 Å². The number of allylic oxidation sites excluding steroid dienone is 1. The highest BCUT2D eigenvalue weighted by Crippen LogP contribution is 2.22. The van der Waals surface area contributed by atoms with E-state index in [1.807, 2.05) is 35.2 Å². The molecule has 10 heteroatoms. The smallest absolute Gasteiger partial charge is 0.243 e. The van der Waals surface area contributed by atoms with Crippen LogP contribution in [0.4, 0.5) is 0 Å². The molecular formula is C21H20ClN5O3S. The standard InChI is InChI=1S/C21H20ClN5O3S/c22-15-5-7-16(8-6-15)31(29,30)27-11-9-26(10-12-27)14-20(28)17(13-23)21-24-18-3-1-2-4-19(18)25-21/h1-8,28H,9-12,14H2,(H,24,25). The third kappa shape index (κ3) is 4.43. The van der Waals surface area contributed by atoms with Crippen molar-refractivity contribution in [2.24, 2.45) is 0 Å². The minimum absolute atomic E-state index is 0.0763. The van der Waals surface area contributed by atoms with Gasteiger partial charge in [-0.05, 0) is 36.4 Å². The third-order valence-corrected chi connectivity index (χ3v) is 7.35. The van der Waals surface area contributed by atoms with Gasteiger partial charge in [-0.1, -0.05) is 23.7 Å². The van der Waals surface area contributed by atoms with Gasteiger partial charge in [0.25, 0.3) is 0 Å². The summed E-state index contributed by atoms with van der Waals surface area (Å²) in [5.74, 6) is 0.209. The molecule has 2 heterocycles. The molecule has 0 spiro atoms. The van der Waals surface area contributed by atoms with Crippen molar-refractivity contribution >= 4 is 38.2 Å². The molecule has 0 amide bonds. The van der Waals surface area contributed by atoms with E-state index in [4.69, 9.17) is 11.6 Å². The Kier molecular flexibility index (Phi) is 5.98. The van der Waals surface area contributed by atoms with E-state index in [-0.39, 0.29) is 35.9 Å². The highest BCUT2D eigenvalue weighted by atomic mass is 35.5. The number of hydrogen-bond acceptors (Lipinski definition) is 6. The van der Waals surface area contributed by atoms with E-state index in [9.17, 15) is 18.8 Å². The van der Waals surface area contributed by atoms with Crippen LogP contribution >= 0.6 is 11.6 Å². The number of aromatic amines is 1. The van der Waals surface area contributed by atoms with Gasteiger partial charge in [0.1, 0.15) is 17.4 Å². The number of sulfonamides is 1. The van der Waals surface area contributed by atoms with Crippen molar-refractivity contribution in [1.82, 2.24) is 19.2 Å². The Morgan fingerprint density at radius 2 is 1.81 bits per heavy atom. The molecule has 160 valence electrons. The molecule has 1 aliphatic heterocycles. The Bertz CT molecular complexity index is 1240. The lowest BCUT2D eigenvalue weighted by molar-refractivity contribution is 0.182. The third-order valence-electron chi connectivity index (χ3n) is 5.18. The van der Waals surface area contributed by atoms with Crippen molar-refractivity contribution < 1.29 is 13.5 Å². The summed E-state index contributed by atoms with van der Waals surface area (Å²) in [6.45, 7) is 1.55. The lowest BCUT2D eigenvalue weighted by Gasteiger charge is -2.33. The number of para-hydroxylation sites is 2. The zero-order valence-corrected chi connectivity index (χ0v) is 18.1. The van der Waals surface area contributed by atoms with Gasteiger partial charge in [0.15, 0.2) is 5.82 Å². The van der Waals surface area contributed by atoms with Gasteiger partial charge >= 0.3 is 0 Å². The molecule has 1 fully saturated rings. The molecule has 0 saturated carbocycles. The summed E-state index contributed by atoms with van der Waals surface area (Å²) in [6, 6.07) is 15.5. The highest BCUT2D eigenvalue weighted by molar-refractivity contribution is 7.89. The van der Waals surface area contributed by atoms with Gasteiger partial charge in [-0.3, -0.25) is 4.90 Å². The highest BCUT2D eigenvalue weighted by Gasteiger charge is 2.29. The fraction of sp³-hybridized carbons (Fsp3) is 0.238. The maximum Gasteiger partial charge on any atom is 0.243 e. The van der Waals surface area contributed by atoms with Crippen LogP contribution in [0.3, 0.4) is 0 Å². The number of aromatic nitrogens is 2. The number of nitriles is 1. The summed E-state index contributed by atoms with van der Waals surface area (Å²) >= 11 is 5.85. The van der Waals surface area contributed by atoms with E-state index in [0.717, 1.165) is 5.52 Å². The van der Waals surface area contributed by atoms with E-state index in [2.05, 4.69) is 9.97 Å². The Labute approximate surface area is 185 Å². The molecule has 0 radical (unpaired) electrons. The van der Waals surface area contributed by atoms with E-state index in [1.54, 1.807) is 12.1 Å². The van der Waals surface area contributed by atoms with Crippen LogP contribution in [0.1, 0.15) is 5.82 Å². The summed E-state index contributed by atoms with van der Waals surface area (Å²) in [5.41, 5.74) is 1.56. The number of H-pyrrole nitrogens is 1. The second kappa shape index (κ2) is 8.69. The van der Waals surface area contributed by atoms with Crippen LogP contribution in [0, 0.1) is 11.3 Å². The van der Waals surface area contributed by atoms with Crippen molar-refractivity contribution in [3.63, 3.8) is 0 Å². The van der Waals surface area contributed by atoms with Gasteiger partial charge in [-0.15, -0.1) is 0 Å². The molecule has 1 saturated heterocycles. The largest absolute Gasteiger partial charge is 0.509 e. The second-order valence-electron chi connectivity index (χ2n) is 7.17. The molecule has 1 aromatic heterocycles. The average Bonchev–Trinajstić information content (AvgIpc) is 3.18. The molecule has 3 aromatic rings. The van der Waals surface area contributed by atoms with E-state index in [0.29, 0.717) is 29.5 Å². The van der Waals surface area contributed by atoms with Crippen molar-refractivity contribution in [3.05, 3.63) is 65.1 Å². The second-order valence-corrected chi connectivity index (χ2v) is 9.54. The van der Waals surface area contributed by atoms with Crippen molar-refractivity contribution in [1.29, 1.82) is 5.26 Å². The van der Waals surface area contributed by atoms with E-state index >= 15 is 0 Å². The molecule has 0 atom stereocenters. The number of nitrogens with zero attached hydrogens (tertiary/aromatic N) is 4. The molecule has 0 aliphatic carbocycles. The van der Waals surface area contributed by atoms with Gasteiger partial charge in [0.2, 0.25) is 10.0 Å². The number of aliphatic hydroxyl groups is 1. The zero-order valence-electron chi connectivity index (χ0n) is 16.5. The number of hydrogen-bond donors (Lipinski definition) is 2. The monoisotopic (exact) mass is 457 g/mol.